The van der Waals surface area contributed by atoms with Crippen LogP contribution in [0.5, 0.6) is 0 Å². The Bertz CT molecular complexity index is 1840. The Hall–Kier alpha value is -5.17. The largest absolute Gasteiger partial charge is 0.416 e. The third-order valence-corrected chi connectivity index (χ3v) is 7.13. The van der Waals surface area contributed by atoms with Gasteiger partial charge in [-0.2, -0.15) is 13.2 Å². The Balaban J connectivity index is 1.92. The van der Waals surface area contributed by atoms with Gasteiger partial charge in [-0.25, -0.2) is 9.37 Å². The second-order valence-electron chi connectivity index (χ2n) is 10.2. The minimum Gasteiger partial charge on any atom is -0.355 e. The van der Waals surface area contributed by atoms with E-state index >= 15 is 0 Å². The summed E-state index contributed by atoms with van der Waals surface area (Å²) < 4.78 is 56.6. The Morgan fingerprint density at radius 3 is 2.22 bits per heavy atom. The van der Waals surface area contributed by atoms with Gasteiger partial charge in [0, 0.05) is 29.3 Å². The monoisotopic (exact) mass is 623 g/mol. The first kappa shape index (κ1) is 32.7. The van der Waals surface area contributed by atoms with E-state index in [4.69, 9.17) is 0 Å². The van der Waals surface area contributed by atoms with Crippen LogP contribution >= 0.6 is 0 Å². The Kier molecular flexibility index (Phi) is 9.62. The molecule has 0 radical (unpaired) electrons. The molecule has 234 valence electrons. The third-order valence-electron chi connectivity index (χ3n) is 7.13. The van der Waals surface area contributed by atoms with E-state index < -0.39 is 53.3 Å². The maximum absolute atomic E-state index is 14.0. The van der Waals surface area contributed by atoms with Crippen molar-refractivity contribution in [3.05, 3.63) is 116 Å². The molecule has 0 saturated heterocycles. The average molecular weight is 624 g/mol. The summed E-state index contributed by atoms with van der Waals surface area (Å²) in [5, 5.41) is 7.73. The van der Waals surface area contributed by atoms with Gasteiger partial charge in [0.15, 0.2) is 5.78 Å². The first-order valence-corrected chi connectivity index (χ1v) is 13.7. The zero-order valence-corrected chi connectivity index (χ0v) is 24.7. The molecule has 0 aliphatic rings. The average Bonchev–Trinajstić information content (AvgIpc) is 3.02. The van der Waals surface area contributed by atoms with Crippen molar-refractivity contribution in [1.82, 2.24) is 20.2 Å². The number of benzene rings is 3. The summed E-state index contributed by atoms with van der Waals surface area (Å²) >= 11 is 0. The Morgan fingerprint density at radius 2 is 1.60 bits per heavy atom. The van der Waals surface area contributed by atoms with Gasteiger partial charge < -0.3 is 16.0 Å². The fourth-order valence-electron chi connectivity index (χ4n) is 4.49. The van der Waals surface area contributed by atoms with Crippen molar-refractivity contribution in [2.75, 3.05) is 19.4 Å². The lowest BCUT2D eigenvalue weighted by molar-refractivity contribution is -0.137. The molecule has 1 aromatic heterocycles. The summed E-state index contributed by atoms with van der Waals surface area (Å²) in [4.78, 5) is 56.4. The normalized spacial score (nSPS) is 12.0. The highest BCUT2D eigenvalue weighted by molar-refractivity contribution is 6.09. The van der Waals surface area contributed by atoms with E-state index in [1.54, 1.807) is 33.0 Å². The lowest BCUT2D eigenvalue weighted by Gasteiger charge is -2.18. The molecule has 0 spiro atoms. The van der Waals surface area contributed by atoms with E-state index in [0.29, 0.717) is 17.2 Å². The molecule has 3 aromatic carbocycles. The second kappa shape index (κ2) is 13.2. The van der Waals surface area contributed by atoms with Gasteiger partial charge in [0.2, 0.25) is 5.91 Å². The molecule has 0 fully saturated rings. The molecule has 1 heterocycles. The van der Waals surface area contributed by atoms with Crippen LogP contribution in [0.4, 0.5) is 23.2 Å². The number of carbonyl (C=O) groups excluding carboxylic acids is 3. The van der Waals surface area contributed by atoms with Crippen LogP contribution in [0.15, 0.2) is 71.7 Å². The summed E-state index contributed by atoms with van der Waals surface area (Å²) in [6, 6.07) is 11.0. The topological polar surface area (TPSA) is 122 Å². The molecule has 1 unspecified atom stereocenters. The van der Waals surface area contributed by atoms with Gasteiger partial charge in [-0.15, -0.1) is 0 Å². The predicted molar refractivity (Wildman–Crippen MR) is 160 cm³/mol. The quantitative estimate of drug-likeness (QED) is 0.186. The van der Waals surface area contributed by atoms with E-state index in [1.807, 2.05) is 0 Å². The van der Waals surface area contributed by atoms with Gasteiger partial charge in [-0.05, 0) is 86.6 Å². The number of aryl methyl sites for hydroxylation is 1. The number of halogens is 4. The van der Waals surface area contributed by atoms with Crippen LogP contribution < -0.4 is 21.5 Å². The molecule has 9 nitrogen and oxygen atoms in total. The first-order valence-electron chi connectivity index (χ1n) is 13.7. The lowest BCUT2D eigenvalue weighted by Crippen LogP contribution is -2.38. The maximum atomic E-state index is 14.0. The number of carbonyl (C=O) groups is 3. The molecule has 0 bridgehead atoms. The molecule has 0 saturated carbocycles. The number of amides is 2. The smallest absolute Gasteiger partial charge is 0.355 e. The SMILES string of the molecule is CNC(=O)c1ccc(C)c(-c2ncc(NC(=O)C(C)NC)c(=O)n2Cc2cc(C(=O)c3ccc(F)cc3)cc(C(F)(F)F)c2)c1. The van der Waals surface area contributed by atoms with Crippen LogP contribution in [0, 0.1) is 12.7 Å². The van der Waals surface area contributed by atoms with Crippen molar-refractivity contribution in [2.24, 2.45) is 0 Å². The van der Waals surface area contributed by atoms with Crippen LogP contribution in [0.2, 0.25) is 0 Å². The van der Waals surface area contributed by atoms with E-state index in [1.165, 1.54) is 19.2 Å². The van der Waals surface area contributed by atoms with Crippen LogP contribution in [-0.2, 0) is 17.5 Å². The standard InChI is InChI=1S/C32H29F4N5O4/c1-17-5-6-21(30(44)38-4)14-25(17)28-39-15-26(40-29(43)18(2)37-3)31(45)41(28)16-19-11-22(13-23(12-19)32(34,35)36)27(42)20-7-9-24(33)10-8-20/h5-15,18,37H,16H2,1-4H3,(H,38,44)(H,40,43). The molecule has 3 N–H and O–H groups in total. The van der Waals surface area contributed by atoms with Crippen LogP contribution in [0.1, 0.15) is 49.9 Å². The molecule has 4 rings (SSSR count). The molecule has 1 atom stereocenters. The highest BCUT2D eigenvalue weighted by Gasteiger charge is 2.32. The van der Waals surface area contributed by atoms with Crippen molar-refractivity contribution >= 4 is 23.3 Å². The van der Waals surface area contributed by atoms with Gasteiger partial charge in [0.1, 0.15) is 17.3 Å². The predicted octanol–water partition coefficient (Wildman–Crippen LogP) is 4.56. The van der Waals surface area contributed by atoms with Crippen LogP contribution in [0.3, 0.4) is 0 Å². The fourth-order valence-corrected chi connectivity index (χ4v) is 4.49. The number of nitrogens with zero attached hydrogens (tertiary/aromatic N) is 2. The summed E-state index contributed by atoms with van der Waals surface area (Å²) in [5.74, 6) is -2.38. The number of rotatable bonds is 9. The fraction of sp³-hybridized carbons (Fsp3) is 0.219. The van der Waals surface area contributed by atoms with Gasteiger partial charge in [-0.1, -0.05) is 6.07 Å². The minimum atomic E-state index is -4.85. The van der Waals surface area contributed by atoms with E-state index in [9.17, 15) is 36.7 Å². The Morgan fingerprint density at radius 1 is 0.933 bits per heavy atom. The molecule has 0 aliphatic carbocycles. The van der Waals surface area contributed by atoms with Crippen molar-refractivity contribution in [1.29, 1.82) is 0 Å². The summed E-state index contributed by atoms with van der Waals surface area (Å²) in [5.41, 5.74) is -1.43. The van der Waals surface area contributed by atoms with Crippen molar-refractivity contribution < 1.29 is 31.9 Å². The highest BCUT2D eigenvalue weighted by Crippen LogP contribution is 2.32. The zero-order valence-electron chi connectivity index (χ0n) is 24.7. The number of alkyl halides is 3. The number of hydrogen-bond acceptors (Lipinski definition) is 6. The molecule has 4 aromatic rings. The first-order chi connectivity index (χ1) is 21.2. The van der Waals surface area contributed by atoms with Crippen LogP contribution in [0.25, 0.3) is 11.4 Å². The summed E-state index contributed by atoms with van der Waals surface area (Å²) in [6.07, 6.45) is -3.71. The van der Waals surface area contributed by atoms with Crippen molar-refractivity contribution in [3.63, 3.8) is 0 Å². The zero-order chi connectivity index (χ0) is 33.1. The molecule has 45 heavy (non-hydrogen) atoms. The van der Waals surface area contributed by atoms with Gasteiger partial charge in [0.05, 0.1) is 24.3 Å². The number of anilines is 1. The van der Waals surface area contributed by atoms with Gasteiger partial charge >= 0.3 is 6.18 Å². The number of hydrogen-bond donors (Lipinski definition) is 3. The van der Waals surface area contributed by atoms with Crippen molar-refractivity contribution in [2.45, 2.75) is 32.6 Å². The minimum absolute atomic E-state index is 0.00624. The van der Waals surface area contributed by atoms with Gasteiger partial charge in [-0.3, -0.25) is 23.7 Å². The van der Waals surface area contributed by atoms with E-state index in [-0.39, 0.29) is 33.8 Å². The van der Waals surface area contributed by atoms with E-state index in [2.05, 4.69) is 20.9 Å². The maximum Gasteiger partial charge on any atom is 0.416 e. The number of aromatic nitrogens is 2. The van der Waals surface area contributed by atoms with Crippen molar-refractivity contribution in [3.8, 4) is 11.4 Å². The van der Waals surface area contributed by atoms with E-state index in [0.717, 1.165) is 41.1 Å². The molecule has 2 amide bonds. The second-order valence-corrected chi connectivity index (χ2v) is 10.2. The lowest BCUT2D eigenvalue weighted by atomic mass is 9.98. The molecular formula is C32H29F4N5O4. The summed E-state index contributed by atoms with van der Waals surface area (Å²) in [6.45, 7) is 2.77. The molecule has 13 heteroatoms. The number of ketones is 1. The number of nitrogens with one attached hydrogen (secondary N) is 3. The Labute approximate surface area is 255 Å². The van der Waals surface area contributed by atoms with Gasteiger partial charge in [0.25, 0.3) is 11.5 Å². The third kappa shape index (κ3) is 7.32. The molecular weight excluding hydrogens is 594 g/mol. The molecule has 0 aliphatic heterocycles. The summed E-state index contributed by atoms with van der Waals surface area (Å²) in [7, 11) is 2.99. The van der Waals surface area contributed by atoms with Crippen LogP contribution in [-0.4, -0.2) is 47.3 Å². The number of likely N-dealkylation sites (N-methyl/N-ethyl adjacent to an activating group) is 1. The highest BCUT2D eigenvalue weighted by atomic mass is 19.4.